The minimum absolute atomic E-state index is 0.168. The van der Waals surface area contributed by atoms with Crippen LogP contribution in [0.4, 0.5) is 4.39 Å². The number of halogens is 1. The number of benzene rings is 3. The fraction of sp³-hybridized carbons (Fsp3) is 0.276. The summed E-state index contributed by atoms with van der Waals surface area (Å²) in [7, 11) is 3.43. The van der Waals surface area contributed by atoms with Gasteiger partial charge in [-0.3, -0.25) is 0 Å². The van der Waals surface area contributed by atoms with Crippen molar-refractivity contribution in [2.24, 2.45) is 13.0 Å². The van der Waals surface area contributed by atoms with Crippen LogP contribution in [0.15, 0.2) is 65.3 Å². The largest absolute Gasteiger partial charge is 0.493 e. The second kappa shape index (κ2) is 9.78. The van der Waals surface area contributed by atoms with Crippen molar-refractivity contribution in [2.45, 2.75) is 25.8 Å². The van der Waals surface area contributed by atoms with Gasteiger partial charge in [0.25, 0.3) is 0 Å². The maximum Gasteiger partial charge on any atom is 0.231 e. The minimum Gasteiger partial charge on any atom is -0.493 e. The Morgan fingerprint density at radius 2 is 1.95 bits per heavy atom. The quantitative estimate of drug-likeness (QED) is 0.284. The van der Waals surface area contributed by atoms with Crippen LogP contribution in [0, 0.1) is 11.7 Å². The molecule has 1 N–H and O–H groups in total. The summed E-state index contributed by atoms with van der Waals surface area (Å²) < 4.78 is 29.2. The standard InChI is InChI=1S/C29H28FN5O2/c1-35-17-32-34-28(35)25-21(20-9-4-3-5-10-20)11-12-22(30)26(25)29-33-23-13-19(14-24(36-2)27(23)37-29)16-31-15-18-7-6-8-18/h3-5,9-14,17-18,31H,6-8,15-16H2,1-2H3. The lowest BCUT2D eigenvalue weighted by Crippen LogP contribution is -2.26. The first-order valence-corrected chi connectivity index (χ1v) is 12.5. The Labute approximate surface area is 214 Å². The van der Waals surface area contributed by atoms with Gasteiger partial charge in [0.1, 0.15) is 17.7 Å². The summed E-state index contributed by atoms with van der Waals surface area (Å²) >= 11 is 0. The highest BCUT2D eigenvalue weighted by Gasteiger charge is 2.26. The van der Waals surface area contributed by atoms with E-state index in [-0.39, 0.29) is 11.5 Å². The summed E-state index contributed by atoms with van der Waals surface area (Å²) in [6.45, 7) is 1.70. The molecule has 0 bridgehead atoms. The molecule has 5 aromatic rings. The highest BCUT2D eigenvalue weighted by atomic mass is 19.1. The van der Waals surface area contributed by atoms with E-state index in [9.17, 15) is 0 Å². The molecule has 2 heterocycles. The molecule has 0 spiro atoms. The Balaban J connectivity index is 1.48. The lowest BCUT2D eigenvalue weighted by Gasteiger charge is -2.25. The predicted octanol–water partition coefficient (Wildman–Crippen LogP) is 5.99. The van der Waals surface area contributed by atoms with Gasteiger partial charge >= 0.3 is 0 Å². The third-order valence-corrected chi connectivity index (χ3v) is 7.11. The third-order valence-electron chi connectivity index (χ3n) is 7.11. The third kappa shape index (κ3) is 4.38. The minimum atomic E-state index is -0.453. The summed E-state index contributed by atoms with van der Waals surface area (Å²) in [6.07, 6.45) is 5.51. The number of oxazole rings is 1. The Morgan fingerprint density at radius 1 is 1.11 bits per heavy atom. The van der Waals surface area contributed by atoms with Gasteiger partial charge in [0, 0.05) is 19.2 Å². The maximum atomic E-state index is 15.6. The van der Waals surface area contributed by atoms with E-state index >= 15 is 4.39 Å². The van der Waals surface area contributed by atoms with Crippen LogP contribution in [0.2, 0.25) is 0 Å². The summed E-state index contributed by atoms with van der Waals surface area (Å²) in [5.74, 6) is 1.56. The molecule has 188 valence electrons. The fourth-order valence-corrected chi connectivity index (χ4v) is 4.92. The zero-order chi connectivity index (χ0) is 25.4. The van der Waals surface area contributed by atoms with Crippen molar-refractivity contribution in [2.75, 3.05) is 13.7 Å². The number of rotatable bonds is 8. The van der Waals surface area contributed by atoms with Gasteiger partial charge < -0.3 is 19.0 Å². The van der Waals surface area contributed by atoms with Crippen molar-refractivity contribution in [3.05, 3.63) is 72.3 Å². The number of aryl methyl sites for hydroxylation is 1. The first-order valence-electron chi connectivity index (χ1n) is 12.5. The molecule has 1 aliphatic rings. The van der Waals surface area contributed by atoms with E-state index in [4.69, 9.17) is 14.1 Å². The molecule has 1 fully saturated rings. The molecular weight excluding hydrogens is 469 g/mol. The van der Waals surface area contributed by atoms with E-state index in [0.717, 1.165) is 29.2 Å². The maximum absolute atomic E-state index is 15.6. The van der Waals surface area contributed by atoms with E-state index in [1.807, 2.05) is 49.5 Å². The predicted molar refractivity (Wildman–Crippen MR) is 140 cm³/mol. The van der Waals surface area contributed by atoms with E-state index in [0.29, 0.717) is 34.8 Å². The zero-order valence-corrected chi connectivity index (χ0v) is 20.9. The molecule has 6 rings (SSSR count). The van der Waals surface area contributed by atoms with E-state index < -0.39 is 5.82 Å². The number of hydrogen-bond acceptors (Lipinski definition) is 6. The second-order valence-electron chi connectivity index (χ2n) is 9.57. The van der Waals surface area contributed by atoms with Crippen LogP contribution < -0.4 is 10.1 Å². The van der Waals surface area contributed by atoms with Gasteiger partial charge in [-0.1, -0.05) is 42.8 Å². The molecule has 7 nitrogen and oxygen atoms in total. The Morgan fingerprint density at radius 3 is 2.65 bits per heavy atom. The fourth-order valence-electron chi connectivity index (χ4n) is 4.92. The number of nitrogens with zero attached hydrogens (tertiary/aromatic N) is 4. The van der Waals surface area contributed by atoms with Crippen LogP contribution in [0.5, 0.6) is 5.75 Å². The molecule has 37 heavy (non-hydrogen) atoms. The SMILES string of the molecule is COc1cc(CNCC2CCC2)cc2nc(-c3c(F)ccc(-c4ccccc4)c3-c3nncn3C)oc12. The zero-order valence-electron chi connectivity index (χ0n) is 20.9. The van der Waals surface area contributed by atoms with Gasteiger partial charge in [-0.2, -0.15) is 0 Å². The Bertz CT molecular complexity index is 1560. The topological polar surface area (TPSA) is 78.0 Å². The van der Waals surface area contributed by atoms with Crippen molar-refractivity contribution in [3.63, 3.8) is 0 Å². The Kier molecular flexibility index (Phi) is 6.18. The average Bonchev–Trinajstić information content (AvgIpc) is 3.51. The van der Waals surface area contributed by atoms with E-state index in [2.05, 4.69) is 15.5 Å². The van der Waals surface area contributed by atoms with Crippen LogP contribution in [-0.4, -0.2) is 33.4 Å². The number of nitrogens with one attached hydrogen (secondary N) is 1. The molecule has 1 aliphatic carbocycles. The number of methoxy groups -OCH3 is 1. The van der Waals surface area contributed by atoms with Gasteiger partial charge in [-0.05, 0) is 60.2 Å². The number of aromatic nitrogens is 4. The summed E-state index contributed by atoms with van der Waals surface area (Å²) in [4.78, 5) is 4.75. The lowest BCUT2D eigenvalue weighted by molar-refractivity contribution is 0.301. The highest BCUT2D eigenvalue weighted by molar-refractivity contribution is 5.92. The molecule has 0 atom stereocenters. The number of fused-ring (bicyclic) bond motifs is 1. The van der Waals surface area contributed by atoms with Crippen molar-refractivity contribution in [1.29, 1.82) is 0 Å². The van der Waals surface area contributed by atoms with Crippen LogP contribution >= 0.6 is 0 Å². The summed E-state index contributed by atoms with van der Waals surface area (Å²) in [6, 6.07) is 16.9. The van der Waals surface area contributed by atoms with Crippen molar-refractivity contribution in [1.82, 2.24) is 25.1 Å². The van der Waals surface area contributed by atoms with Crippen LogP contribution in [0.3, 0.4) is 0 Å². The van der Waals surface area contributed by atoms with E-state index in [1.165, 1.54) is 25.3 Å². The van der Waals surface area contributed by atoms with Crippen molar-refractivity contribution >= 4 is 11.1 Å². The van der Waals surface area contributed by atoms with Gasteiger partial charge in [-0.25, -0.2) is 9.37 Å². The van der Waals surface area contributed by atoms with Gasteiger partial charge in [0.2, 0.25) is 5.89 Å². The molecule has 0 radical (unpaired) electrons. The number of hydrogen-bond donors (Lipinski definition) is 1. The van der Waals surface area contributed by atoms with Crippen LogP contribution in [-0.2, 0) is 13.6 Å². The smallest absolute Gasteiger partial charge is 0.231 e. The molecule has 3 aromatic carbocycles. The molecule has 8 heteroatoms. The van der Waals surface area contributed by atoms with E-state index in [1.54, 1.807) is 24.1 Å². The molecule has 0 amide bonds. The van der Waals surface area contributed by atoms with Gasteiger partial charge in [-0.15, -0.1) is 10.2 Å². The van der Waals surface area contributed by atoms with Gasteiger partial charge in [0.05, 0.1) is 12.7 Å². The molecule has 0 unspecified atom stereocenters. The van der Waals surface area contributed by atoms with Crippen molar-refractivity contribution < 1.29 is 13.5 Å². The number of ether oxygens (including phenoxy) is 1. The van der Waals surface area contributed by atoms with Crippen molar-refractivity contribution in [3.8, 4) is 39.7 Å². The average molecular weight is 498 g/mol. The normalized spacial score (nSPS) is 13.7. The second-order valence-corrected chi connectivity index (χ2v) is 9.57. The first kappa shape index (κ1) is 23.4. The molecule has 0 saturated heterocycles. The van der Waals surface area contributed by atoms with Crippen LogP contribution in [0.25, 0.3) is 45.1 Å². The monoisotopic (exact) mass is 497 g/mol. The Hall–Kier alpha value is -4.04. The molecular formula is C29H28FN5O2. The van der Waals surface area contributed by atoms with Crippen LogP contribution in [0.1, 0.15) is 24.8 Å². The first-order chi connectivity index (χ1) is 18.1. The summed E-state index contributed by atoms with van der Waals surface area (Å²) in [5.41, 5.74) is 4.67. The molecule has 0 aliphatic heterocycles. The molecule has 2 aromatic heterocycles. The van der Waals surface area contributed by atoms with Gasteiger partial charge in [0.15, 0.2) is 17.2 Å². The molecule has 1 saturated carbocycles. The highest BCUT2D eigenvalue weighted by Crippen LogP contribution is 2.42. The summed E-state index contributed by atoms with van der Waals surface area (Å²) in [5, 5.41) is 11.9. The lowest BCUT2D eigenvalue weighted by atomic mass is 9.85.